The fourth-order valence-corrected chi connectivity index (χ4v) is 2.44. The maximum atomic E-state index is 11.7. The molecule has 2 aliphatic heterocycles. The Bertz CT molecular complexity index is 245. The SMILES string of the molecule is CC1CCC(CNC2CCCCNC2=O)O1. The summed E-state index contributed by atoms with van der Waals surface area (Å²) in [5.74, 6) is 0.156. The van der Waals surface area contributed by atoms with Crippen molar-refractivity contribution < 1.29 is 9.53 Å². The summed E-state index contributed by atoms with van der Waals surface area (Å²) >= 11 is 0. The highest BCUT2D eigenvalue weighted by atomic mass is 16.5. The van der Waals surface area contributed by atoms with Crippen LogP contribution in [0.2, 0.25) is 0 Å². The fraction of sp³-hybridized carbons (Fsp3) is 0.917. The molecule has 0 saturated carbocycles. The van der Waals surface area contributed by atoms with Crippen LogP contribution in [-0.4, -0.2) is 37.2 Å². The molecule has 16 heavy (non-hydrogen) atoms. The van der Waals surface area contributed by atoms with Gasteiger partial charge in [0.05, 0.1) is 18.2 Å². The molecular formula is C12H22N2O2. The van der Waals surface area contributed by atoms with Gasteiger partial charge >= 0.3 is 0 Å². The molecule has 2 aliphatic rings. The summed E-state index contributed by atoms with van der Waals surface area (Å²) in [7, 11) is 0. The average molecular weight is 226 g/mol. The number of rotatable bonds is 3. The molecule has 0 bridgehead atoms. The molecule has 0 aromatic heterocycles. The van der Waals surface area contributed by atoms with Gasteiger partial charge in [-0.25, -0.2) is 0 Å². The zero-order valence-electron chi connectivity index (χ0n) is 10.00. The van der Waals surface area contributed by atoms with Crippen molar-refractivity contribution in [1.82, 2.24) is 10.6 Å². The van der Waals surface area contributed by atoms with Crippen molar-refractivity contribution >= 4 is 5.91 Å². The minimum atomic E-state index is -0.0120. The molecule has 2 fully saturated rings. The second-order valence-electron chi connectivity index (χ2n) is 4.89. The molecule has 1 amide bonds. The Kier molecular flexibility index (Phi) is 4.18. The number of ether oxygens (including phenoxy) is 1. The van der Waals surface area contributed by atoms with Gasteiger partial charge in [0.15, 0.2) is 0 Å². The molecule has 4 heteroatoms. The van der Waals surface area contributed by atoms with Crippen LogP contribution in [0.5, 0.6) is 0 Å². The van der Waals surface area contributed by atoms with Crippen molar-refractivity contribution in [2.75, 3.05) is 13.1 Å². The summed E-state index contributed by atoms with van der Waals surface area (Å²) in [6.45, 7) is 3.74. The lowest BCUT2D eigenvalue weighted by Gasteiger charge is -2.18. The van der Waals surface area contributed by atoms with E-state index in [2.05, 4.69) is 17.6 Å². The van der Waals surface area contributed by atoms with E-state index in [-0.39, 0.29) is 11.9 Å². The molecule has 4 nitrogen and oxygen atoms in total. The number of amides is 1. The Hall–Kier alpha value is -0.610. The summed E-state index contributed by atoms with van der Waals surface area (Å²) < 4.78 is 5.72. The van der Waals surface area contributed by atoms with E-state index in [1.165, 1.54) is 0 Å². The molecule has 2 rings (SSSR count). The number of hydrogen-bond donors (Lipinski definition) is 2. The molecule has 2 N–H and O–H groups in total. The number of carbonyl (C=O) groups excluding carboxylic acids is 1. The summed E-state index contributed by atoms with van der Waals surface area (Å²) in [5, 5.41) is 6.27. The van der Waals surface area contributed by atoms with Crippen LogP contribution in [0.15, 0.2) is 0 Å². The standard InChI is InChI=1S/C12H22N2O2/c1-9-5-6-10(16-9)8-14-11-4-2-3-7-13-12(11)15/h9-11,14H,2-8H2,1H3,(H,13,15). The predicted molar refractivity (Wildman–Crippen MR) is 62.2 cm³/mol. The fourth-order valence-electron chi connectivity index (χ4n) is 2.44. The smallest absolute Gasteiger partial charge is 0.237 e. The third-order valence-corrected chi connectivity index (χ3v) is 3.45. The van der Waals surface area contributed by atoms with Crippen molar-refractivity contribution in [2.24, 2.45) is 0 Å². The van der Waals surface area contributed by atoms with E-state index in [1.54, 1.807) is 0 Å². The quantitative estimate of drug-likeness (QED) is 0.749. The van der Waals surface area contributed by atoms with E-state index in [9.17, 15) is 4.79 Å². The van der Waals surface area contributed by atoms with Crippen LogP contribution in [0.25, 0.3) is 0 Å². The minimum Gasteiger partial charge on any atom is -0.374 e. The molecule has 0 aromatic rings. The van der Waals surface area contributed by atoms with Gasteiger partial charge in [-0.15, -0.1) is 0 Å². The Balaban J connectivity index is 1.73. The van der Waals surface area contributed by atoms with Crippen molar-refractivity contribution in [1.29, 1.82) is 0 Å². The lowest BCUT2D eigenvalue weighted by atomic mass is 10.1. The molecule has 2 heterocycles. The van der Waals surface area contributed by atoms with Crippen LogP contribution < -0.4 is 10.6 Å². The van der Waals surface area contributed by atoms with Gasteiger partial charge in [-0.1, -0.05) is 0 Å². The molecule has 0 aromatic carbocycles. The van der Waals surface area contributed by atoms with Crippen LogP contribution in [0.4, 0.5) is 0 Å². The average Bonchev–Trinajstić information content (AvgIpc) is 2.56. The summed E-state index contributed by atoms with van der Waals surface area (Å²) in [4.78, 5) is 11.7. The number of carbonyl (C=O) groups is 1. The first-order chi connectivity index (χ1) is 7.75. The zero-order valence-corrected chi connectivity index (χ0v) is 10.00. The maximum absolute atomic E-state index is 11.7. The Morgan fingerprint density at radius 2 is 2.25 bits per heavy atom. The van der Waals surface area contributed by atoms with Gasteiger partial charge in [-0.2, -0.15) is 0 Å². The highest BCUT2D eigenvalue weighted by Crippen LogP contribution is 2.18. The Morgan fingerprint density at radius 1 is 1.38 bits per heavy atom. The van der Waals surface area contributed by atoms with Gasteiger partial charge in [0.25, 0.3) is 0 Å². The highest BCUT2D eigenvalue weighted by molar-refractivity contribution is 5.81. The van der Waals surface area contributed by atoms with Gasteiger partial charge in [0, 0.05) is 13.1 Å². The first kappa shape index (κ1) is 11.9. The van der Waals surface area contributed by atoms with Crippen LogP contribution >= 0.6 is 0 Å². The van der Waals surface area contributed by atoms with E-state index >= 15 is 0 Å². The van der Waals surface area contributed by atoms with E-state index in [4.69, 9.17) is 4.74 Å². The second kappa shape index (κ2) is 5.64. The monoisotopic (exact) mass is 226 g/mol. The van der Waals surface area contributed by atoms with Crippen LogP contribution in [0.1, 0.15) is 39.0 Å². The minimum absolute atomic E-state index is 0.0120. The van der Waals surface area contributed by atoms with Crippen molar-refractivity contribution in [2.45, 2.75) is 57.3 Å². The van der Waals surface area contributed by atoms with E-state index in [1.807, 2.05) is 0 Å². The highest BCUT2D eigenvalue weighted by Gasteiger charge is 2.25. The summed E-state index contributed by atoms with van der Waals surface area (Å²) in [6.07, 6.45) is 6.11. The molecule has 3 atom stereocenters. The van der Waals surface area contributed by atoms with E-state index < -0.39 is 0 Å². The van der Waals surface area contributed by atoms with Crippen molar-refractivity contribution in [3.63, 3.8) is 0 Å². The van der Waals surface area contributed by atoms with Crippen LogP contribution in [0.3, 0.4) is 0 Å². The first-order valence-electron chi connectivity index (χ1n) is 6.42. The molecule has 0 radical (unpaired) electrons. The van der Waals surface area contributed by atoms with Gasteiger partial charge in [-0.3, -0.25) is 4.79 Å². The van der Waals surface area contributed by atoms with Gasteiger partial charge in [0.2, 0.25) is 5.91 Å². The maximum Gasteiger partial charge on any atom is 0.237 e. The van der Waals surface area contributed by atoms with E-state index in [0.717, 1.165) is 45.2 Å². The first-order valence-corrected chi connectivity index (χ1v) is 6.42. The lowest BCUT2D eigenvalue weighted by molar-refractivity contribution is -0.123. The van der Waals surface area contributed by atoms with Crippen molar-refractivity contribution in [3.8, 4) is 0 Å². The lowest BCUT2D eigenvalue weighted by Crippen LogP contribution is -2.45. The normalized spacial score (nSPS) is 35.8. The third-order valence-electron chi connectivity index (χ3n) is 3.45. The van der Waals surface area contributed by atoms with Crippen LogP contribution in [-0.2, 0) is 9.53 Å². The Morgan fingerprint density at radius 3 is 3.00 bits per heavy atom. The zero-order chi connectivity index (χ0) is 11.4. The molecule has 3 unspecified atom stereocenters. The predicted octanol–water partition coefficient (Wildman–Crippen LogP) is 0.812. The number of nitrogens with one attached hydrogen (secondary N) is 2. The largest absolute Gasteiger partial charge is 0.374 e. The summed E-state index contributed by atoms with van der Waals surface area (Å²) in [6, 6.07) is -0.0120. The second-order valence-corrected chi connectivity index (χ2v) is 4.89. The third kappa shape index (κ3) is 3.19. The molecule has 2 saturated heterocycles. The van der Waals surface area contributed by atoms with E-state index in [0.29, 0.717) is 12.2 Å². The Labute approximate surface area is 97.1 Å². The topological polar surface area (TPSA) is 50.4 Å². The summed E-state index contributed by atoms with van der Waals surface area (Å²) in [5.41, 5.74) is 0. The van der Waals surface area contributed by atoms with Gasteiger partial charge in [-0.05, 0) is 39.0 Å². The molecule has 0 spiro atoms. The molecule has 0 aliphatic carbocycles. The van der Waals surface area contributed by atoms with Crippen molar-refractivity contribution in [3.05, 3.63) is 0 Å². The van der Waals surface area contributed by atoms with Crippen LogP contribution in [0, 0.1) is 0 Å². The van der Waals surface area contributed by atoms with Gasteiger partial charge in [0.1, 0.15) is 0 Å². The molecular weight excluding hydrogens is 204 g/mol. The van der Waals surface area contributed by atoms with Gasteiger partial charge < -0.3 is 15.4 Å². The number of hydrogen-bond acceptors (Lipinski definition) is 3. The molecule has 92 valence electrons.